The van der Waals surface area contributed by atoms with Crippen LogP contribution in [0.1, 0.15) is 27.7 Å². The van der Waals surface area contributed by atoms with E-state index < -0.39 is 56.8 Å². The minimum Gasteiger partial charge on any atom is -0.504 e. The molecular weight excluding hydrogens is 484 g/mol. The Kier molecular flexibility index (Phi) is 4.93. The van der Waals surface area contributed by atoms with E-state index in [4.69, 9.17) is 18.6 Å². The molecule has 6 rings (SSSR count). The van der Waals surface area contributed by atoms with Crippen LogP contribution in [0.3, 0.4) is 0 Å². The van der Waals surface area contributed by atoms with Crippen LogP contribution in [0.25, 0.3) is 22.3 Å². The molecule has 0 saturated carbocycles. The van der Waals surface area contributed by atoms with Crippen molar-refractivity contribution in [3.8, 4) is 28.6 Å². The molecule has 3 unspecified atom stereocenters. The largest absolute Gasteiger partial charge is 0.504 e. The van der Waals surface area contributed by atoms with Gasteiger partial charge in [0.1, 0.15) is 22.3 Å². The fraction of sp³-hybridized carbons (Fsp3) is 0.333. The molecule has 2 bridgehead atoms. The Morgan fingerprint density at radius 3 is 2.27 bits per heavy atom. The van der Waals surface area contributed by atoms with Crippen LogP contribution >= 0.6 is 0 Å². The molecule has 0 radical (unpaired) electrons. The number of fused-ring (bicyclic) bond motifs is 3. The summed E-state index contributed by atoms with van der Waals surface area (Å²) in [6.07, 6.45) is 1.35. The van der Waals surface area contributed by atoms with Gasteiger partial charge in [0.25, 0.3) is 5.79 Å². The highest BCUT2D eigenvalue weighted by molar-refractivity contribution is 5.89. The molecule has 4 N–H and O–H groups in total. The Balaban J connectivity index is 1.66. The maximum absolute atomic E-state index is 12.8. The predicted octanol–water partition coefficient (Wildman–Crippen LogP) is 3.51. The van der Waals surface area contributed by atoms with Gasteiger partial charge in [-0.1, -0.05) is 36.4 Å². The second-order valence-electron chi connectivity index (χ2n) is 9.97. The van der Waals surface area contributed by atoms with Crippen LogP contribution in [0.5, 0.6) is 17.2 Å². The molecule has 10 heteroatoms. The summed E-state index contributed by atoms with van der Waals surface area (Å²) in [6.45, 7) is 9.37. The Labute approximate surface area is 210 Å². The van der Waals surface area contributed by atoms with E-state index in [1.807, 2.05) is 0 Å². The third-order valence-electron chi connectivity index (χ3n) is 8.16. The number of aliphatic hydroxyl groups is 1. The molecular formula is C27H26O10. The maximum Gasteiger partial charge on any atom is 0.365 e. The lowest BCUT2D eigenvalue weighted by atomic mass is 9.52. The number of rotatable bonds is 5. The van der Waals surface area contributed by atoms with Crippen molar-refractivity contribution in [1.82, 2.24) is 0 Å². The zero-order valence-corrected chi connectivity index (χ0v) is 20.6. The van der Waals surface area contributed by atoms with E-state index in [0.29, 0.717) is 5.56 Å². The van der Waals surface area contributed by atoms with Gasteiger partial charge < -0.3 is 34.3 Å². The second-order valence-corrected chi connectivity index (χ2v) is 9.97. The smallest absolute Gasteiger partial charge is 0.365 e. The minimum absolute atomic E-state index is 0.118. The van der Waals surface area contributed by atoms with Crippen LogP contribution in [-0.2, 0) is 14.3 Å². The molecule has 0 spiro atoms. The minimum atomic E-state index is -2.26. The number of carbonyl (C=O) groups is 1. The number of hydrogen-bond acceptors (Lipinski definition) is 9. The van der Waals surface area contributed by atoms with Gasteiger partial charge in [-0.2, -0.15) is 0 Å². The van der Waals surface area contributed by atoms with Gasteiger partial charge in [-0.3, -0.25) is 9.53 Å². The summed E-state index contributed by atoms with van der Waals surface area (Å²) in [6, 6.07) is 11.1. The summed E-state index contributed by atoms with van der Waals surface area (Å²) < 4.78 is 23.3. The Morgan fingerprint density at radius 1 is 1.03 bits per heavy atom. The van der Waals surface area contributed by atoms with Crippen molar-refractivity contribution in [1.29, 1.82) is 0 Å². The van der Waals surface area contributed by atoms with Crippen LogP contribution in [-0.4, -0.2) is 49.2 Å². The number of ether oxygens (including phenoxy) is 3. The van der Waals surface area contributed by atoms with Gasteiger partial charge in [0.05, 0.1) is 5.41 Å². The lowest BCUT2D eigenvalue weighted by Crippen LogP contribution is -2.93. The topological polar surface area (TPSA) is 156 Å². The van der Waals surface area contributed by atoms with E-state index in [1.165, 1.54) is 39.8 Å². The zero-order chi connectivity index (χ0) is 27.2. The molecule has 3 aromatic rings. The van der Waals surface area contributed by atoms with Crippen molar-refractivity contribution in [2.75, 3.05) is 0 Å². The van der Waals surface area contributed by atoms with Gasteiger partial charge in [0.2, 0.25) is 11.5 Å². The molecule has 3 saturated heterocycles. The molecule has 10 nitrogen and oxygen atoms in total. The van der Waals surface area contributed by atoms with Crippen LogP contribution in [0.2, 0.25) is 0 Å². The van der Waals surface area contributed by atoms with Crippen molar-refractivity contribution in [2.24, 2.45) is 5.41 Å². The summed E-state index contributed by atoms with van der Waals surface area (Å²) in [7, 11) is 0. The average molecular weight is 510 g/mol. The van der Waals surface area contributed by atoms with E-state index in [0.717, 1.165) is 6.07 Å². The molecule has 3 aliphatic rings. The Morgan fingerprint density at radius 2 is 1.68 bits per heavy atom. The monoisotopic (exact) mass is 510 g/mol. The van der Waals surface area contributed by atoms with E-state index in [9.17, 15) is 30.0 Å². The first-order chi connectivity index (χ1) is 17.2. The molecule has 5 atom stereocenters. The van der Waals surface area contributed by atoms with Gasteiger partial charge in [0, 0.05) is 24.6 Å². The molecule has 2 aromatic carbocycles. The number of benzene rings is 2. The molecule has 3 fully saturated rings. The van der Waals surface area contributed by atoms with Crippen molar-refractivity contribution in [2.45, 2.75) is 50.5 Å². The fourth-order valence-electron chi connectivity index (χ4n) is 5.37. The summed E-state index contributed by atoms with van der Waals surface area (Å²) in [4.78, 5) is 25.1. The first-order valence-electron chi connectivity index (χ1n) is 11.4. The standard InChI is InChI=1S/C27H26O10/c1-6-23(2)25(4)24(3,33)26(5,37-27(23,36-25)22(31)32)35-18-13-17-19(21(30)20(18)29)15(28)12-16(34-17)14-10-8-7-9-11-14/h6-13,29-30,33H,1H2,2-5H3,(H,31,32)/t23-,24?,25?,26+,27?/m0/s1. The van der Waals surface area contributed by atoms with Gasteiger partial charge in [-0.25, -0.2) is 4.79 Å². The second kappa shape index (κ2) is 7.34. The predicted molar refractivity (Wildman–Crippen MR) is 130 cm³/mol. The fourth-order valence-corrected chi connectivity index (χ4v) is 5.37. The third-order valence-corrected chi connectivity index (χ3v) is 8.16. The van der Waals surface area contributed by atoms with E-state index in [2.05, 4.69) is 6.58 Å². The lowest BCUT2D eigenvalue weighted by Gasteiger charge is -2.75. The molecule has 1 aromatic heterocycles. The quantitative estimate of drug-likeness (QED) is 0.296. The SMILES string of the molecule is C=C[C@]1(C)C2(C(=O)O)OC1(C)C(C)(O)[C@](C)(Oc1cc3oc(-c4ccccc4)cc(=O)c3c(O)c1O)O2. The van der Waals surface area contributed by atoms with Gasteiger partial charge in [0.15, 0.2) is 22.5 Å². The third kappa shape index (κ3) is 2.80. The highest BCUT2D eigenvalue weighted by atomic mass is 16.8. The highest BCUT2D eigenvalue weighted by Crippen LogP contribution is 2.70. The Hall–Kier alpha value is -3.86. The normalized spacial score (nSPS) is 34.5. The lowest BCUT2D eigenvalue weighted by molar-refractivity contribution is -0.564. The first kappa shape index (κ1) is 24.8. The molecule has 4 heterocycles. The van der Waals surface area contributed by atoms with Crippen molar-refractivity contribution >= 4 is 16.9 Å². The Bertz CT molecular complexity index is 1530. The van der Waals surface area contributed by atoms with Crippen LogP contribution in [0.15, 0.2) is 64.3 Å². The van der Waals surface area contributed by atoms with Gasteiger partial charge in [-0.15, -0.1) is 6.58 Å². The summed E-state index contributed by atoms with van der Waals surface area (Å²) >= 11 is 0. The number of phenolic OH excluding ortho intramolecular Hbond substituents is 2. The van der Waals surface area contributed by atoms with Crippen molar-refractivity contribution in [3.63, 3.8) is 0 Å². The molecule has 0 amide bonds. The number of hydrogen-bond donors (Lipinski definition) is 4. The summed E-state index contributed by atoms with van der Waals surface area (Å²) in [5.74, 6) is -7.72. The van der Waals surface area contributed by atoms with Gasteiger partial charge in [-0.05, 0) is 20.8 Å². The van der Waals surface area contributed by atoms with Crippen LogP contribution in [0.4, 0.5) is 0 Å². The van der Waals surface area contributed by atoms with Gasteiger partial charge >= 0.3 is 5.97 Å². The van der Waals surface area contributed by atoms with E-state index in [1.54, 1.807) is 30.3 Å². The summed E-state index contributed by atoms with van der Waals surface area (Å²) in [5.41, 5.74) is -5.08. The average Bonchev–Trinajstić information content (AvgIpc) is 2.84. The highest BCUT2D eigenvalue weighted by Gasteiger charge is 2.89. The summed E-state index contributed by atoms with van der Waals surface area (Å²) in [5, 5.41) is 42.8. The number of carboxylic acids is 1. The number of aromatic hydroxyl groups is 2. The van der Waals surface area contributed by atoms with E-state index in [-0.39, 0.29) is 16.7 Å². The molecule has 3 aliphatic heterocycles. The van der Waals surface area contributed by atoms with Crippen LogP contribution in [0, 0.1) is 5.41 Å². The molecule has 0 aliphatic carbocycles. The van der Waals surface area contributed by atoms with Crippen molar-refractivity contribution < 1.29 is 43.8 Å². The maximum atomic E-state index is 12.8. The molecule has 194 valence electrons. The number of carboxylic acid groups (broad SMARTS) is 1. The first-order valence-corrected chi connectivity index (χ1v) is 11.4. The van der Waals surface area contributed by atoms with E-state index >= 15 is 0 Å². The molecule has 37 heavy (non-hydrogen) atoms. The number of aliphatic carboxylic acids is 1. The van der Waals surface area contributed by atoms with Crippen LogP contribution < -0.4 is 10.2 Å². The number of phenols is 2. The zero-order valence-electron chi connectivity index (χ0n) is 20.6. The van der Waals surface area contributed by atoms with Crippen molar-refractivity contribution in [3.05, 3.63) is 65.3 Å².